The largest absolute Gasteiger partial charge is 0.598 e. The number of rotatable bonds is 14. The Morgan fingerprint density at radius 1 is 0.922 bits per heavy atom. The lowest BCUT2D eigenvalue weighted by molar-refractivity contribution is 0.272. The maximum Gasteiger partial charge on any atom is 0.192 e. The molecule has 3 aromatic heterocycles. The van der Waals surface area contributed by atoms with Crippen molar-refractivity contribution in [3.05, 3.63) is 95.9 Å². The molecule has 1 N–H and O–H groups in total. The Labute approximate surface area is 307 Å². The van der Waals surface area contributed by atoms with Crippen LogP contribution in [-0.4, -0.2) is 44.5 Å². The summed E-state index contributed by atoms with van der Waals surface area (Å²) in [5.74, 6) is 2.17. The quantitative estimate of drug-likeness (QED) is 0.0891. The van der Waals surface area contributed by atoms with Gasteiger partial charge in [-0.1, -0.05) is 58.4 Å². The molecule has 2 atom stereocenters. The van der Waals surface area contributed by atoms with E-state index in [2.05, 4.69) is 51.6 Å². The molecule has 51 heavy (non-hydrogen) atoms. The van der Waals surface area contributed by atoms with Gasteiger partial charge in [-0.2, -0.15) is 5.10 Å². The van der Waals surface area contributed by atoms with E-state index in [0.717, 1.165) is 57.7 Å². The molecule has 0 bridgehead atoms. The highest BCUT2D eigenvalue weighted by Crippen LogP contribution is 2.37. The highest BCUT2D eigenvalue weighted by atomic mass is 32.2. The van der Waals surface area contributed by atoms with Crippen molar-refractivity contribution in [3.8, 4) is 28.6 Å². The van der Waals surface area contributed by atoms with Crippen LogP contribution in [0.5, 0.6) is 11.5 Å². The first kappa shape index (κ1) is 38.5. The summed E-state index contributed by atoms with van der Waals surface area (Å²) in [7, 11) is -0.304. The SMILES string of the molecule is CCC[C@H](N[S@+]([O-])C(C)(C)C)c1cccc(-c2cc(OCc3ccc(OC)cc3)c3cnn(-c4cccc(CO[Si](C)(C)C(C)(C)C)n4)c3c2)n1. The zero-order chi connectivity index (χ0) is 37.0. The van der Waals surface area contributed by atoms with Crippen LogP contribution < -0.4 is 14.2 Å². The van der Waals surface area contributed by atoms with Crippen LogP contribution in [0.25, 0.3) is 28.0 Å². The zero-order valence-electron chi connectivity index (χ0n) is 31.7. The van der Waals surface area contributed by atoms with Crippen LogP contribution >= 0.6 is 0 Å². The number of ether oxygens (including phenoxy) is 2. The summed E-state index contributed by atoms with van der Waals surface area (Å²) in [6.07, 6.45) is 3.56. The van der Waals surface area contributed by atoms with Crippen LogP contribution in [0.15, 0.2) is 79.0 Å². The predicted molar refractivity (Wildman–Crippen MR) is 210 cm³/mol. The molecule has 0 aliphatic rings. The van der Waals surface area contributed by atoms with Gasteiger partial charge in [0.1, 0.15) is 22.9 Å². The van der Waals surface area contributed by atoms with Crippen molar-refractivity contribution in [2.45, 2.75) is 103 Å². The smallest absolute Gasteiger partial charge is 0.192 e. The van der Waals surface area contributed by atoms with E-state index in [1.807, 2.05) is 98.4 Å². The predicted octanol–water partition coefficient (Wildman–Crippen LogP) is 9.48. The first-order chi connectivity index (χ1) is 24.1. The first-order valence-electron chi connectivity index (χ1n) is 17.6. The lowest BCUT2D eigenvalue weighted by Crippen LogP contribution is -2.41. The molecule has 0 fully saturated rings. The Morgan fingerprint density at radius 3 is 2.31 bits per heavy atom. The molecule has 0 aliphatic heterocycles. The Hall–Kier alpha value is -3.74. The summed E-state index contributed by atoms with van der Waals surface area (Å²) in [4.78, 5) is 10.1. The molecule has 9 nitrogen and oxygen atoms in total. The lowest BCUT2D eigenvalue weighted by atomic mass is 10.1. The van der Waals surface area contributed by atoms with E-state index in [1.54, 1.807) is 7.11 Å². The Morgan fingerprint density at radius 2 is 1.65 bits per heavy atom. The Kier molecular flexibility index (Phi) is 12.0. The van der Waals surface area contributed by atoms with Gasteiger partial charge in [-0.3, -0.25) is 4.98 Å². The van der Waals surface area contributed by atoms with Crippen molar-refractivity contribution in [2.75, 3.05) is 7.11 Å². The maximum atomic E-state index is 13.1. The molecule has 0 aliphatic carbocycles. The standard InChI is InChI=1S/C40H53N5O4SSi/c1-11-14-35(44-50(46)39(2,3)4)34-17-13-16-33(43-34)29-23-36-32(37(24-29)48-26-28-19-21-31(47-8)22-20-28)25-41-45(36)38-18-12-15-30(42-38)27-49-51(9,10)40(5,6)7/h12-13,15-25,35,44H,11,14,26-27H2,1-10H3/t35-,50+/m0/s1. The molecule has 11 heteroatoms. The number of nitrogens with one attached hydrogen (secondary N) is 1. The molecule has 2 aromatic carbocycles. The van der Waals surface area contributed by atoms with Crippen LogP contribution in [0.3, 0.4) is 0 Å². The summed E-state index contributed by atoms with van der Waals surface area (Å²) in [6, 6.07) is 23.8. The van der Waals surface area contributed by atoms with Gasteiger partial charge in [0.25, 0.3) is 0 Å². The van der Waals surface area contributed by atoms with Gasteiger partial charge in [-0.25, -0.2) is 9.67 Å². The van der Waals surface area contributed by atoms with Gasteiger partial charge in [0.05, 0.1) is 53.9 Å². The summed E-state index contributed by atoms with van der Waals surface area (Å²) >= 11 is -1.24. The van der Waals surface area contributed by atoms with Gasteiger partial charge < -0.3 is 18.5 Å². The second-order valence-electron chi connectivity index (χ2n) is 15.4. The molecule has 0 amide bonds. The number of nitrogens with zero attached hydrogens (tertiary/aromatic N) is 4. The number of hydrogen-bond acceptors (Lipinski definition) is 8. The minimum atomic E-state index is -1.96. The van der Waals surface area contributed by atoms with Gasteiger partial charge in [-0.05, 0) is 99.4 Å². The van der Waals surface area contributed by atoms with E-state index in [-0.39, 0.29) is 11.1 Å². The summed E-state index contributed by atoms with van der Waals surface area (Å²) in [6.45, 7) is 20.1. The molecular weight excluding hydrogens is 675 g/mol. The van der Waals surface area contributed by atoms with Crippen molar-refractivity contribution in [3.63, 3.8) is 0 Å². The molecule has 0 spiro atoms. The molecular formula is C40H53N5O4SSi. The molecule has 3 heterocycles. The fourth-order valence-electron chi connectivity index (χ4n) is 5.23. The monoisotopic (exact) mass is 727 g/mol. The number of methoxy groups -OCH3 is 1. The Balaban J connectivity index is 1.55. The van der Waals surface area contributed by atoms with E-state index >= 15 is 0 Å². The van der Waals surface area contributed by atoms with E-state index in [9.17, 15) is 4.55 Å². The average Bonchev–Trinajstić information content (AvgIpc) is 3.53. The molecule has 5 rings (SSSR count). The molecule has 272 valence electrons. The van der Waals surface area contributed by atoms with Gasteiger partial charge in [0.2, 0.25) is 0 Å². The third-order valence-electron chi connectivity index (χ3n) is 9.41. The lowest BCUT2D eigenvalue weighted by Gasteiger charge is -2.36. The number of pyridine rings is 2. The van der Waals surface area contributed by atoms with Crippen LogP contribution in [0.4, 0.5) is 0 Å². The fraction of sp³-hybridized carbons (Fsp3) is 0.425. The number of aromatic nitrogens is 4. The normalized spacial score (nSPS) is 13.7. The zero-order valence-corrected chi connectivity index (χ0v) is 33.6. The van der Waals surface area contributed by atoms with Crippen molar-refractivity contribution in [1.82, 2.24) is 24.5 Å². The maximum absolute atomic E-state index is 13.1. The van der Waals surface area contributed by atoms with E-state index in [1.165, 1.54) is 0 Å². The molecule has 5 aromatic rings. The van der Waals surface area contributed by atoms with Gasteiger partial charge >= 0.3 is 0 Å². The Bertz CT molecular complexity index is 1920. The minimum Gasteiger partial charge on any atom is -0.598 e. The minimum absolute atomic E-state index is 0.100. The molecule has 0 saturated heterocycles. The third kappa shape index (κ3) is 9.38. The van der Waals surface area contributed by atoms with Crippen LogP contribution in [0.1, 0.15) is 84.3 Å². The van der Waals surface area contributed by atoms with Crippen molar-refractivity contribution in [1.29, 1.82) is 0 Å². The number of fused-ring (bicyclic) bond motifs is 1. The van der Waals surface area contributed by atoms with Gasteiger partial charge in [0, 0.05) is 16.9 Å². The van der Waals surface area contributed by atoms with Crippen molar-refractivity contribution >= 4 is 30.6 Å². The summed E-state index contributed by atoms with van der Waals surface area (Å²) in [5.41, 5.74) is 5.21. The summed E-state index contributed by atoms with van der Waals surface area (Å²) < 4.78 is 36.3. The van der Waals surface area contributed by atoms with Crippen molar-refractivity contribution in [2.24, 2.45) is 0 Å². The molecule has 0 saturated carbocycles. The van der Waals surface area contributed by atoms with Gasteiger partial charge in [0.15, 0.2) is 14.1 Å². The van der Waals surface area contributed by atoms with Gasteiger partial charge in [-0.15, -0.1) is 4.72 Å². The summed E-state index contributed by atoms with van der Waals surface area (Å²) in [5, 5.41) is 5.78. The highest BCUT2D eigenvalue weighted by Gasteiger charge is 2.37. The van der Waals surface area contributed by atoms with E-state index in [4.69, 9.17) is 29.0 Å². The second-order valence-corrected chi connectivity index (χ2v) is 22.2. The molecule has 0 radical (unpaired) electrons. The average molecular weight is 728 g/mol. The van der Waals surface area contributed by atoms with Crippen molar-refractivity contribution < 1.29 is 18.5 Å². The fourth-order valence-corrected chi connectivity index (χ4v) is 7.02. The topological polar surface area (TPSA) is 106 Å². The van der Waals surface area contributed by atoms with Crippen LogP contribution in [0.2, 0.25) is 18.1 Å². The van der Waals surface area contributed by atoms with E-state index < -0.39 is 24.4 Å². The highest BCUT2D eigenvalue weighted by molar-refractivity contribution is 7.90. The van der Waals surface area contributed by atoms with Crippen LogP contribution in [-0.2, 0) is 29.0 Å². The van der Waals surface area contributed by atoms with Crippen LogP contribution in [0, 0.1) is 0 Å². The number of hydrogen-bond donors (Lipinski definition) is 1. The third-order valence-corrected chi connectivity index (χ3v) is 15.5. The first-order valence-corrected chi connectivity index (χ1v) is 21.7. The second kappa shape index (κ2) is 15.9. The van der Waals surface area contributed by atoms with E-state index in [0.29, 0.717) is 24.8 Å². The number of benzene rings is 2. The molecule has 0 unspecified atom stereocenters.